The standard InChI is InChI=1S/C12H18N2O2/c1-10-4-2-3-5-11(10)12(16)14-7-6-13-8-9-15/h2-5,13,15H,6-9H2,1H3,(H,14,16). The number of hydrogen-bond donors (Lipinski definition) is 3. The van der Waals surface area contributed by atoms with E-state index in [1.807, 2.05) is 31.2 Å². The highest BCUT2D eigenvalue weighted by atomic mass is 16.3. The van der Waals surface area contributed by atoms with E-state index in [0.29, 0.717) is 25.2 Å². The molecule has 0 saturated heterocycles. The number of aliphatic hydroxyl groups is 1. The Morgan fingerprint density at radius 2 is 2.00 bits per heavy atom. The summed E-state index contributed by atoms with van der Waals surface area (Å²) in [5.41, 5.74) is 1.69. The molecule has 0 saturated carbocycles. The van der Waals surface area contributed by atoms with Gasteiger partial charge < -0.3 is 15.7 Å². The predicted molar refractivity (Wildman–Crippen MR) is 63.5 cm³/mol. The summed E-state index contributed by atoms with van der Waals surface area (Å²) in [5.74, 6) is -0.0519. The topological polar surface area (TPSA) is 61.4 Å². The molecule has 0 spiro atoms. The van der Waals surface area contributed by atoms with Crippen LogP contribution in [0.25, 0.3) is 0 Å². The van der Waals surface area contributed by atoms with Gasteiger partial charge in [-0.3, -0.25) is 4.79 Å². The van der Waals surface area contributed by atoms with Crippen LogP contribution >= 0.6 is 0 Å². The molecule has 4 heteroatoms. The highest BCUT2D eigenvalue weighted by molar-refractivity contribution is 5.95. The van der Waals surface area contributed by atoms with Gasteiger partial charge in [-0.25, -0.2) is 0 Å². The molecule has 88 valence electrons. The zero-order chi connectivity index (χ0) is 11.8. The Morgan fingerprint density at radius 3 is 2.69 bits per heavy atom. The molecule has 0 unspecified atom stereocenters. The van der Waals surface area contributed by atoms with Crippen molar-refractivity contribution in [1.29, 1.82) is 0 Å². The number of aliphatic hydroxyl groups excluding tert-OH is 1. The summed E-state index contributed by atoms with van der Waals surface area (Å²) < 4.78 is 0. The largest absolute Gasteiger partial charge is 0.395 e. The van der Waals surface area contributed by atoms with Gasteiger partial charge in [0.15, 0.2) is 0 Å². The second-order valence-electron chi connectivity index (χ2n) is 3.54. The fourth-order valence-electron chi connectivity index (χ4n) is 1.39. The van der Waals surface area contributed by atoms with E-state index in [1.54, 1.807) is 0 Å². The number of carbonyl (C=O) groups excluding carboxylic acids is 1. The van der Waals surface area contributed by atoms with Crippen LogP contribution in [0.1, 0.15) is 15.9 Å². The first-order valence-corrected chi connectivity index (χ1v) is 5.41. The third-order valence-electron chi connectivity index (χ3n) is 2.27. The first-order valence-electron chi connectivity index (χ1n) is 5.41. The van der Waals surface area contributed by atoms with Crippen molar-refractivity contribution in [3.8, 4) is 0 Å². The lowest BCUT2D eigenvalue weighted by Crippen LogP contribution is -2.33. The van der Waals surface area contributed by atoms with Gasteiger partial charge in [0.25, 0.3) is 5.91 Å². The number of hydrogen-bond acceptors (Lipinski definition) is 3. The van der Waals surface area contributed by atoms with Gasteiger partial charge in [0, 0.05) is 25.2 Å². The molecule has 1 rings (SSSR count). The van der Waals surface area contributed by atoms with Crippen LogP contribution < -0.4 is 10.6 Å². The van der Waals surface area contributed by atoms with E-state index < -0.39 is 0 Å². The normalized spacial score (nSPS) is 10.1. The van der Waals surface area contributed by atoms with E-state index in [4.69, 9.17) is 5.11 Å². The number of rotatable bonds is 6. The monoisotopic (exact) mass is 222 g/mol. The molecule has 0 aliphatic carbocycles. The van der Waals surface area contributed by atoms with Crippen molar-refractivity contribution in [3.63, 3.8) is 0 Å². The zero-order valence-corrected chi connectivity index (χ0v) is 9.49. The first-order chi connectivity index (χ1) is 7.75. The van der Waals surface area contributed by atoms with Gasteiger partial charge in [-0.1, -0.05) is 18.2 Å². The minimum Gasteiger partial charge on any atom is -0.395 e. The van der Waals surface area contributed by atoms with Crippen LogP contribution in [0.4, 0.5) is 0 Å². The Labute approximate surface area is 95.7 Å². The SMILES string of the molecule is Cc1ccccc1C(=O)NCCNCCO. The lowest BCUT2D eigenvalue weighted by molar-refractivity contribution is 0.0953. The molecule has 0 aliphatic heterocycles. The van der Waals surface area contributed by atoms with Crippen molar-refractivity contribution < 1.29 is 9.90 Å². The Balaban J connectivity index is 2.33. The van der Waals surface area contributed by atoms with E-state index >= 15 is 0 Å². The quantitative estimate of drug-likeness (QED) is 0.607. The first kappa shape index (κ1) is 12.7. The highest BCUT2D eigenvalue weighted by Crippen LogP contribution is 2.05. The number of aryl methyl sites for hydroxylation is 1. The van der Waals surface area contributed by atoms with Crippen molar-refractivity contribution in [3.05, 3.63) is 35.4 Å². The van der Waals surface area contributed by atoms with Crippen LogP contribution in [0, 0.1) is 6.92 Å². The third-order valence-corrected chi connectivity index (χ3v) is 2.27. The summed E-state index contributed by atoms with van der Waals surface area (Å²) in [4.78, 5) is 11.7. The third kappa shape index (κ3) is 4.00. The van der Waals surface area contributed by atoms with E-state index in [2.05, 4.69) is 10.6 Å². The molecule has 0 bridgehead atoms. The minimum atomic E-state index is -0.0519. The van der Waals surface area contributed by atoms with E-state index in [9.17, 15) is 4.79 Å². The average Bonchev–Trinajstić information content (AvgIpc) is 2.29. The Morgan fingerprint density at radius 1 is 1.25 bits per heavy atom. The van der Waals surface area contributed by atoms with E-state index in [1.165, 1.54) is 0 Å². The van der Waals surface area contributed by atoms with Crippen molar-refractivity contribution in [2.75, 3.05) is 26.2 Å². The number of amides is 1. The summed E-state index contributed by atoms with van der Waals surface area (Å²) in [6.45, 7) is 3.82. The number of benzene rings is 1. The minimum absolute atomic E-state index is 0.0519. The molecular weight excluding hydrogens is 204 g/mol. The highest BCUT2D eigenvalue weighted by Gasteiger charge is 2.06. The summed E-state index contributed by atoms with van der Waals surface area (Å²) in [7, 11) is 0. The molecule has 0 radical (unpaired) electrons. The molecule has 0 fully saturated rings. The second-order valence-corrected chi connectivity index (χ2v) is 3.54. The van der Waals surface area contributed by atoms with Crippen LogP contribution in [-0.2, 0) is 0 Å². The van der Waals surface area contributed by atoms with E-state index in [-0.39, 0.29) is 12.5 Å². The fourth-order valence-corrected chi connectivity index (χ4v) is 1.39. The van der Waals surface area contributed by atoms with Crippen LogP contribution in [0.3, 0.4) is 0 Å². The molecule has 0 heterocycles. The van der Waals surface area contributed by atoms with Gasteiger partial charge in [0.1, 0.15) is 0 Å². The van der Waals surface area contributed by atoms with Crippen LogP contribution in [-0.4, -0.2) is 37.3 Å². The maximum atomic E-state index is 11.7. The van der Waals surface area contributed by atoms with Crippen LogP contribution in [0.2, 0.25) is 0 Å². The zero-order valence-electron chi connectivity index (χ0n) is 9.49. The lowest BCUT2D eigenvalue weighted by Gasteiger charge is -2.07. The number of carbonyl (C=O) groups is 1. The Kier molecular flexibility index (Phi) is 5.53. The van der Waals surface area contributed by atoms with E-state index in [0.717, 1.165) is 5.56 Å². The molecule has 1 amide bonds. The van der Waals surface area contributed by atoms with Gasteiger partial charge in [0.05, 0.1) is 6.61 Å². The lowest BCUT2D eigenvalue weighted by atomic mass is 10.1. The molecule has 0 atom stereocenters. The van der Waals surface area contributed by atoms with Crippen LogP contribution in [0.5, 0.6) is 0 Å². The molecule has 0 aromatic heterocycles. The van der Waals surface area contributed by atoms with Crippen molar-refractivity contribution in [1.82, 2.24) is 10.6 Å². The van der Waals surface area contributed by atoms with Crippen molar-refractivity contribution in [2.45, 2.75) is 6.92 Å². The molecule has 4 nitrogen and oxygen atoms in total. The summed E-state index contributed by atoms with van der Waals surface area (Å²) in [6.07, 6.45) is 0. The maximum absolute atomic E-state index is 11.7. The predicted octanol–water partition coefficient (Wildman–Crippen LogP) is 0.307. The van der Waals surface area contributed by atoms with Gasteiger partial charge in [-0.05, 0) is 18.6 Å². The summed E-state index contributed by atoms with van der Waals surface area (Å²) in [6, 6.07) is 7.49. The van der Waals surface area contributed by atoms with Crippen molar-refractivity contribution >= 4 is 5.91 Å². The molecular formula is C12H18N2O2. The average molecular weight is 222 g/mol. The van der Waals surface area contributed by atoms with Gasteiger partial charge in [-0.15, -0.1) is 0 Å². The second kappa shape index (κ2) is 6.98. The van der Waals surface area contributed by atoms with Crippen LogP contribution in [0.15, 0.2) is 24.3 Å². The molecule has 3 N–H and O–H groups in total. The fraction of sp³-hybridized carbons (Fsp3) is 0.417. The van der Waals surface area contributed by atoms with Gasteiger partial charge in [0.2, 0.25) is 0 Å². The summed E-state index contributed by atoms with van der Waals surface area (Å²) in [5, 5.41) is 14.3. The van der Waals surface area contributed by atoms with Gasteiger partial charge in [-0.2, -0.15) is 0 Å². The molecule has 1 aromatic rings. The summed E-state index contributed by atoms with van der Waals surface area (Å²) >= 11 is 0. The molecule has 1 aromatic carbocycles. The van der Waals surface area contributed by atoms with Crippen molar-refractivity contribution in [2.24, 2.45) is 0 Å². The maximum Gasteiger partial charge on any atom is 0.251 e. The molecule has 0 aliphatic rings. The molecule has 16 heavy (non-hydrogen) atoms. The Hall–Kier alpha value is -1.39. The smallest absolute Gasteiger partial charge is 0.251 e. The number of nitrogens with one attached hydrogen (secondary N) is 2. The van der Waals surface area contributed by atoms with Gasteiger partial charge >= 0.3 is 0 Å². The Bertz CT molecular complexity index is 340.